The number of rotatable bonds is 5. The second-order valence-electron chi connectivity index (χ2n) is 6.19. The van der Waals surface area contributed by atoms with Crippen LogP contribution < -0.4 is 23.4 Å². The highest BCUT2D eigenvalue weighted by Crippen LogP contribution is 2.25. The lowest BCUT2D eigenvalue weighted by molar-refractivity contribution is -1.92. The number of aryl methyl sites for hydroxylation is 2. The Morgan fingerprint density at radius 3 is 2.31 bits per heavy atom. The maximum atomic E-state index is 10.6. The van der Waals surface area contributed by atoms with E-state index in [1.165, 1.54) is 0 Å². The van der Waals surface area contributed by atoms with E-state index >= 15 is 0 Å². The minimum atomic E-state index is -4.36. The Bertz CT molecular complexity index is 744. The third-order valence-corrected chi connectivity index (χ3v) is 4.76. The number of azo groups is 1. The zero-order chi connectivity index (χ0) is 18.7. The fourth-order valence-corrected chi connectivity index (χ4v) is 3.40. The van der Waals surface area contributed by atoms with E-state index < -0.39 is 16.3 Å². The number of benzene rings is 1. The average molecular weight is 383 g/mol. The third kappa shape index (κ3) is 4.77. The van der Waals surface area contributed by atoms with Gasteiger partial charge in [0.1, 0.15) is 5.69 Å². The van der Waals surface area contributed by atoms with Crippen LogP contribution in [0.4, 0.5) is 17.3 Å². The van der Waals surface area contributed by atoms with Gasteiger partial charge >= 0.3 is 5.95 Å². The summed E-state index contributed by atoms with van der Waals surface area (Å²) in [7, 11) is -0.552. The van der Waals surface area contributed by atoms with Gasteiger partial charge in [0.15, 0.2) is 0 Å². The Balaban J connectivity index is 1.59. The van der Waals surface area contributed by atoms with Gasteiger partial charge in [-0.05, 0) is 24.3 Å². The number of aromatic nitrogens is 2. The first-order valence-corrected chi connectivity index (χ1v) is 9.42. The highest BCUT2D eigenvalue weighted by atomic mass is 35.7. The molecule has 3 rings (SSSR count). The van der Waals surface area contributed by atoms with Crippen LogP contribution in [0, 0.1) is 10.2 Å². The van der Waals surface area contributed by atoms with Crippen molar-refractivity contribution in [2.24, 2.45) is 24.3 Å². The Morgan fingerprint density at radius 2 is 1.77 bits per heavy atom. The number of halogens is 1. The summed E-state index contributed by atoms with van der Waals surface area (Å²) in [6.07, 6.45) is 4.24. The number of hydrogen-bond donors (Lipinski definition) is 0. The van der Waals surface area contributed by atoms with Crippen molar-refractivity contribution in [1.82, 2.24) is 4.57 Å². The summed E-state index contributed by atoms with van der Waals surface area (Å²) in [5, 5.41) is 8.51. The van der Waals surface area contributed by atoms with Crippen LogP contribution in [0.1, 0.15) is 12.8 Å². The van der Waals surface area contributed by atoms with Gasteiger partial charge in [0.25, 0.3) is 0 Å². The minimum Gasteiger partial charge on any atom is -0.371 e. The van der Waals surface area contributed by atoms with Crippen molar-refractivity contribution in [1.29, 1.82) is 0 Å². The highest BCUT2D eigenvalue weighted by Gasteiger charge is 2.32. The van der Waals surface area contributed by atoms with E-state index in [0.717, 1.165) is 17.3 Å². The lowest BCUT2D eigenvalue weighted by atomic mass is 10.1. The molecule has 2 heterocycles. The maximum Gasteiger partial charge on any atom is 0.421 e. The number of imidazole rings is 1. The molecule has 1 saturated heterocycles. The van der Waals surface area contributed by atoms with Crippen molar-refractivity contribution in [3.8, 4) is 0 Å². The van der Waals surface area contributed by atoms with Gasteiger partial charge in [0.2, 0.25) is 6.10 Å². The normalized spacial score (nSPS) is 16.6. The first-order chi connectivity index (χ1) is 12.3. The summed E-state index contributed by atoms with van der Waals surface area (Å²) in [5.74, 6) is 0.740. The molecule has 1 aliphatic rings. The van der Waals surface area contributed by atoms with Gasteiger partial charge in [-0.25, -0.2) is 9.13 Å². The molecule has 1 fully saturated rings. The van der Waals surface area contributed by atoms with E-state index in [1.807, 2.05) is 59.9 Å². The largest absolute Gasteiger partial charge is 0.421 e. The summed E-state index contributed by atoms with van der Waals surface area (Å²) in [5.41, 5.74) is 1.75. The molecule has 1 aromatic carbocycles. The Hall–Kier alpha value is -2.04. The Morgan fingerprint density at radius 1 is 1.12 bits per heavy atom. The summed E-state index contributed by atoms with van der Waals surface area (Å²) in [6.45, 7) is 1.24. The molecular weight excluding hydrogens is 362 g/mol. The molecule has 9 nitrogen and oxygen atoms in total. The molecule has 0 radical (unpaired) electrons. The molecule has 26 heavy (non-hydrogen) atoms. The van der Waals surface area contributed by atoms with E-state index in [9.17, 15) is 14.0 Å². The van der Waals surface area contributed by atoms with Crippen LogP contribution in [-0.2, 0) is 18.4 Å². The van der Waals surface area contributed by atoms with Crippen molar-refractivity contribution in [3.05, 3.63) is 36.7 Å². The zero-order valence-electron chi connectivity index (χ0n) is 14.6. The smallest absolute Gasteiger partial charge is 0.371 e. The summed E-state index contributed by atoms with van der Waals surface area (Å²) < 4.78 is 40.2. The Labute approximate surface area is 153 Å². The molecule has 0 bridgehead atoms. The van der Waals surface area contributed by atoms with Gasteiger partial charge in [-0.3, -0.25) is 0 Å². The van der Waals surface area contributed by atoms with Gasteiger partial charge in [-0.2, -0.15) is 14.0 Å². The molecule has 140 valence electrons. The molecule has 10 heteroatoms. The second-order valence-corrected chi connectivity index (χ2v) is 7.12. The van der Waals surface area contributed by atoms with E-state index in [4.69, 9.17) is 0 Å². The molecule has 0 saturated carbocycles. The van der Waals surface area contributed by atoms with Crippen molar-refractivity contribution in [2.75, 3.05) is 18.0 Å². The molecule has 1 aromatic heterocycles. The fraction of sp³-hybridized carbons (Fsp3) is 0.438. The van der Waals surface area contributed by atoms with Crippen molar-refractivity contribution < 1.29 is 33.1 Å². The maximum absolute atomic E-state index is 10.6. The molecule has 0 amide bonds. The Kier molecular flexibility index (Phi) is 5.54. The molecule has 1 aliphatic heterocycles. The minimum absolute atomic E-state index is 0.486. The molecule has 0 spiro atoms. The highest BCUT2D eigenvalue weighted by molar-refractivity contribution is 5.53. The van der Waals surface area contributed by atoms with Crippen LogP contribution >= 0.6 is 0 Å². The second kappa shape index (κ2) is 7.68. The summed E-state index contributed by atoms with van der Waals surface area (Å²) >= 11 is 0. The number of nitrogens with zero attached hydrogens (tertiary/aromatic N) is 5. The van der Waals surface area contributed by atoms with Crippen LogP contribution in [0.2, 0.25) is 0 Å². The fourth-order valence-electron chi connectivity index (χ4n) is 2.91. The molecule has 0 aliphatic carbocycles. The van der Waals surface area contributed by atoms with E-state index in [2.05, 4.69) is 19.4 Å². The van der Waals surface area contributed by atoms with Gasteiger partial charge in [-0.15, -0.1) is 0 Å². The first-order valence-electron chi connectivity index (χ1n) is 8.19. The standard InChI is InChI=1S/C16H21ClN5O4/c1-20-11-12-21(2)16(20)19-18-13-3-5-14(6-4-13)22-9-7-15(8-10-22)26-17(23,24)25/h3-6,11-12,15H,7-10H2,1-2H3/q+1. The van der Waals surface area contributed by atoms with Gasteiger partial charge in [-0.1, -0.05) is 5.11 Å². The first kappa shape index (κ1) is 18.7. The van der Waals surface area contributed by atoms with Crippen LogP contribution in [0.15, 0.2) is 46.9 Å². The van der Waals surface area contributed by atoms with Crippen molar-refractivity contribution in [3.63, 3.8) is 0 Å². The van der Waals surface area contributed by atoms with Crippen LogP contribution in [0.25, 0.3) is 0 Å². The monoisotopic (exact) mass is 382 g/mol. The third-order valence-electron chi connectivity index (χ3n) is 4.29. The van der Waals surface area contributed by atoms with Gasteiger partial charge in [0.05, 0.1) is 41.0 Å². The summed E-state index contributed by atoms with van der Waals surface area (Å²) in [4.78, 5) is 2.12. The summed E-state index contributed by atoms with van der Waals surface area (Å²) in [6, 6.07) is 7.66. The molecule has 2 aromatic rings. The van der Waals surface area contributed by atoms with Gasteiger partial charge < -0.3 is 4.90 Å². The molecule has 0 atom stereocenters. The van der Waals surface area contributed by atoms with Crippen molar-refractivity contribution >= 4 is 17.3 Å². The van der Waals surface area contributed by atoms with Crippen LogP contribution in [0.5, 0.6) is 0 Å². The van der Waals surface area contributed by atoms with Crippen molar-refractivity contribution in [2.45, 2.75) is 18.9 Å². The predicted molar refractivity (Wildman–Crippen MR) is 83.5 cm³/mol. The zero-order valence-corrected chi connectivity index (χ0v) is 15.4. The average Bonchev–Trinajstić information content (AvgIpc) is 2.91. The number of anilines is 1. The predicted octanol–water partition coefficient (Wildman–Crippen LogP) is -0.852. The van der Waals surface area contributed by atoms with E-state index in [0.29, 0.717) is 25.9 Å². The number of hydrogen-bond acceptors (Lipinski definition) is 7. The van der Waals surface area contributed by atoms with E-state index in [-0.39, 0.29) is 0 Å². The van der Waals surface area contributed by atoms with Crippen LogP contribution in [-0.4, -0.2) is 23.8 Å². The molecule has 0 unspecified atom stereocenters. The lowest BCUT2D eigenvalue weighted by Crippen LogP contribution is -2.62. The van der Waals surface area contributed by atoms with Gasteiger partial charge in [0, 0.05) is 36.7 Å². The van der Waals surface area contributed by atoms with Crippen LogP contribution in [0.3, 0.4) is 0 Å². The SMILES string of the molecule is Cn1cc[n+](C)c1N=Nc1ccc(N2CCC(O[Cl+3]([O-])([O-])[O-])CC2)cc1. The van der Waals surface area contributed by atoms with E-state index in [1.54, 1.807) is 0 Å². The molecular formula is C16H21ClN5O4+. The quantitative estimate of drug-likeness (QED) is 0.493. The number of piperidine rings is 1. The topological polar surface area (TPSA) is 115 Å². The molecule has 0 N–H and O–H groups in total. The lowest BCUT2D eigenvalue weighted by Gasteiger charge is -2.31.